The first-order chi connectivity index (χ1) is 6.33. The molecule has 1 heterocycles. The van der Waals surface area contributed by atoms with Gasteiger partial charge in [0.25, 0.3) is 0 Å². The number of rotatable bonds is 5. The van der Waals surface area contributed by atoms with Crippen molar-refractivity contribution in [3.63, 3.8) is 0 Å². The van der Waals surface area contributed by atoms with Gasteiger partial charge in [-0.1, -0.05) is 26.2 Å². The number of ether oxygens (including phenoxy) is 2. The van der Waals surface area contributed by atoms with Gasteiger partial charge < -0.3 is 14.6 Å². The van der Waals surface area contributed by atoms with Crippen LogP contribution < -0.4 is 0 Å². The number of hydrogen-bond acceptors (Lipinski definition) is 3. The summed E-state index contributed by atoms with van der Waals surface area (Å²) in [6.07, 6.45) is 5.43. The molecule has 0 bridgehead atoms. The summed E-state index contributed by atoms with van der Waals surface area (Å²) in [5.74, 6) is 0. The molecule has 3 heteroatoms. The summed E-state index contributed by atoms with van der Waals surface area (Å²) >= 11 is 0. The van der Waals surface area contributed by atoms with E-state index in [1.54, 1.807) is 0 Å². The highest BCUT2D eigenvalue weighted by molar-refractivity contribution is 4.60. The van der Waals surface area contributed by atoms with Crippen molar-refractivity contribution in [3.8, 4) is 0 Å². The quantitative estimate of drug-likeness (QED) is 0.667. The summed E-state index contributed by atoms with van der Waals surface area (Å²) in [6, 6.07) is 0. The minimum absolute atomic E-state index is 0.0692. The molecule has 0 spiro atoms. The Balaban J connectivity index is 1.96. The molecular weight excluding hydrogens is 168 g/mol. The lowest BCUT2D eigenvalue weighted by Gasteiger charge is -2.26. The van der Waals surface area contributed by atoms with Crippen molar-refractivity contribution in [2.24, 2.45) is 0 Å². The molecule has 13 heavy (non-hydrogen) atoms. The van der Waals surface area contributed by atoms with Gasteiger partial charge in [-0.05, 0) is 12.8 Å². The largest absolute Gasteiger partial charge is 0.388 e. The van der Waals surface area contributed by atoms with Gasteiger partial charge in [0.2, 0.25) is 0 Å². The van der Waals surface area contributed by atoms with Gasteiger partial charge in [-0.3, -0.25) is 0 Å². The third kappa shape index (κ3) is 4.60. The summed E-state index contributed by atoms with van der Waals surface area (Å²) in [5.41, 5.74) is 0. The first-order valence-electron chi connectivity index (χ1n) is 5.24. The predicted molar refractivity (Wildman–Crippen MR) is 50.5 cm³/mol. The van der Waals surface area contributed by atoms with E-state index in [2.05, 4.69) is 6.92 Å². The van der Waals surface area contributed by atoms with E-state index in [-0.39, 0.29) is 6.29 Å². The Morgan fingerprint density at radius 3 is 2.46 bits per heavy atom. The molecule has 3 nitrogen and oxygen atoms in total. The highest BCUT2D eigenvalue weighted by Gasteiger charge is 2.19. The van der Waals surface area contributed by atoms with Gasteiger partial charge in [0.1, 0.15) is 6.10 Å². The minimum Gasteiger partial charge on any atom is -0.388 e. The first kappa shape index (κ1) is 11.0. The summed E-state index contributed by atoms with van der Waals surface area (Å²) in [5, 5.41) is 9.09. The Morgan fingerprint density at radius 1 is 1.15 bits per heavy atom. The van der Waals surface area contributed by atoms with Crippen LogP contribution in [0.3, 0.4) is 0 Å². The Hall–Kier alpha value is -0.120. The molecule has 1 aliphatic rings. The average molecular weight is 188 g/mol. The number of unbranched alkanes of at least 4 members (excludes halogenated alkanes) is 3. The van der Waals surface area contributed by atoms with E-state index < -0.39 is 6.10 Å². The van der Waals surface area contributed by atoms with Crippen LogP contribution in [0.15, 0.2) is 0 Å². The Labute approximate surface area is 80.0 Å². The van der Waals surface area contributed by atoms with Gasteiger partial charge in [-0.25, -0.2) is 0 Å². The van der Waals surface area contributed by atoms with Crippen molar-refractivity contribution in [1.29, 1.82) is 0 Å². The third-order valence-electron chi connectivity index (χ3n) is 2.24. The molecule has 0 amide bonds. The van der Waals surface area contributed by atoms with E-state index in [9.17, 15) is 0 Å². The molecule has 0 aliphatic carbocycles. The molecule has 1 fully saturated rings. The maximum absolute atomic E-state index is 9.09. The summed E-state index contributed by atoms with van der Waals surface area (Å²) < 4.78 is 10.6. The van der Waals surface area contributed by atoms with E-state index in [1.165, 1.54) is 19.3 Å². The molecule has 1 rings (SSSR count). The predicted octanol–water partition coefficient (Wildman–Crippen LogP) is 1.69. The second-order valence-corrected chi connectivity index (χ2v) is 3.60. The fraction of sp³-hybridized carbons (Fsp3) is 1.00. The van der Waals surface area contributed by atoms with Crippen molar-refractivity contribution < 1.29 is 14.6 Å². The zero-order chi connectivity index (χ0) is 9.52. The number of aliphatic hydroxyl groups excluding tert-OH is 1. The van der Waals surface area contributed by atoms with Crippen molar-refractivity contribution in [2.75, 3.05) is 13.2 Å². The van der Waals surface area contributed by atoms with Gasteiger partial charge in [-0.2, -0.15) is 0 Å². The second-order valence-electron chi connectivity index (χ2n) is 3.60. The molecule has 0 atom stereocenters. The Kier molecular flexibility index (Phi) is 5.35. The van der Waals surface area contributed by atoms with Crippen LogP contribution in [-0.2, 0) is 9.47 Å². The van der Waals surface area contributed by atoms with Crippen LogP contribution in [0.5, 0.6) is 0 Å². The molecule has 1 N–H and O–H groups in total. The van der Waals surface area contributed by atoms with Crippen molar-refractivity contribution in [1.82, 2.24) is 0 Å². The molecule has 0 saturated carbocycles. The topological polar surface area (TPSA) is 38.7 Å². The van der Waals surface area contributed by atoms with Crippen LogP contribution in [0.1, 0.15) is 39.0 Å². The van der Waals surface area contributed by atoms with Crippen molar-refractivity contribution >= 4 is 0 Å². The van der Waals surface area contributed by atoms with E-state index in [4.69, 9.17) is 14.6 Å². The standard InChI is InChI=1S/C10H20O3/c1-2-3-4-5-6-10-12-7-9(11)8-13-10/h9-11H,2-8H2,1H3. The zero-order valence-corrected chi connectivity index (χ0v) is 8.37. The fourth-order valence-corrected chi connectivity index (χ4v) is 1.44. The van der Waals surface area contributed by atoms with Gasteiger partial charge in [0.15, 0.2) is 6.29 Å². The summed E-state index contributed by atoms with van der Waals surface area (Å²) in [7, 11) is 0. The molecule has 0 aromatic rings. The number of hydrogen-bond donors (Lipinski definition) is 1. The number of aliphatic hydroxyl groups is 1. The van der Waals surface area contributed by atoms with Crippen molar-refractivity contribution in [2.45, 2.75) is 51.4 Å². The lowest BCUT2D eigenvalue weighted by atomic mass is 10.1. The molecule has 0 unspecified atom stereocenters. The highest BCUT2D eigenvalue weighted by atomic mass is 16.7. The van der Waals surface area contributed by atoms with Gasteiger partial charge in [0.05, 0.1) is 13.2 Å². The SMILES string of the molecule is CCCCCCC1OCC(O)CO1. The van der Waals surface area contributed by atoms with Crippen molar-refractivity contribution in [3.05, 3.63) is 0 Å². The smallest absolute Gasteiger partial charge is 0.157 e. The summed E-state index contributed by atoms with van der Waals surface area (Å²) in [6.45, 7) is 3.06. The third-order valence-corrected chi connectivity index (χ3v) is 2.24. The normalized spacial score (nSPS) is 29.1. The Morgan fingerprint density at radius 2 is 1.85 bits per heavy atom. The molecule has 78 valence electrons. The van der Waals surface area contributed by atoms with Crippen LogP contribution in [0, 0.1) is 0 Å². The molecule has 1 saturated heterocycles. The van der Waals surface area contributed by atoms with Gasteiger partial charge in [0, 0.05) is 0 Å². The zero-order valence-electron chi connectivity index (χ0n) is 8.37. The highest BCUT2D eigenvalue weighted by Crippen LogP contribution is 2.13. The first-order valence-corrected chi connectivity index (χ1v) is 5.24. The monoisotopic (exact) mass is 188 g/mol. The lowest BCUT2D eigenvalue weighted by Crippen LogP contribution is -2.35. The summed E-state index contributed by atoms with van der Waals surface area (Å²) in [4.78, 5) is 0. The van der Waals surface area contributed by atoms with Gasteiger partial charge in [-0.15, -0.1) is 0 Å². The second kappa shape index (κ2) is 6.35. The van der Waals surface area contributed by atoms with Crippen LogP contribution in [-0.4, -0.2) is 30.7 Å². The fourth-order valence-electron chi connectivity index (χ4n) is 1.44. The van der Waals surface area contributed by atoms with Crippen LogP contribution in [0.25, 0.3) is 0 Å². The van der Waals surface area contributed by atoms with Crippen LogP contribution in [0.2, 0.25) is 0 Å². The molecule has 1 aliphatic heterocycles. The van der Waals surface area contributed by atoms with E-state index >= 15 is 0 Å². The molecule has 0 aromatic carbocycles. The van der Waals surface area contributed by atoms with E-state index in [0.717, 1.165) is 12.8 Å². The maximum Gasteiger partial charge on any atom is 0.157 e. The lowest BCUT2D eigenvalue weighted by molar-refractivity contribution is -0.218. The van der Waals surface area contributed by atoms with Crippen LogP contribution in [0.4, 0.5) is 0 Å². The maximum atomic E-state index is 9.09. The molecule has 0 aromatic heterocycles. The molecular formula is C10H20O3. The van der Waals surface area contributed by atoms with E-state index in [1.807, 2.05) is 0 Å². The minimum atomic E-state index is -0.424. The van der Waals surface area contributed by atoms with Gasteiger partial charge >= 0.3 is 0 Å². The van der Waals surface area contributed by atoms with E-state index in [0.29, 0.717) is 13.2 Å². The average Bonchev–Trinajstić information content (AvgIpc) is 2.15. The molecule has 0 radical (unpaired) electrons. The Bertz CT molecular complexity index is 119. The van der Waals surface area contributed by atoms with Crippen LogP contribution >= 0.6 is 0 Å².